The van der Waals surface area contributed by atoms with Gasteiger partial charge in [0.2, 0.25) is 0 Å². The topological polar surface area (TPSA) is 49.3 Å². The number of hydrogen-bond donors (Lipinski definition) is 2. The molecule has 0 spiro atoms. The summed E-state index contributed by atoms with van der Waals surface area (Å²) in [6.45, 7) is 6.52. The molecule has 0 amide bonds. The van der Waals surface area contributed by atoms with E-state index in [1.807, 2.05) is 20.8 Å². The van der Waals surface area contributed by atoms with Crippen LogP contribution < -0.4 is 5.32 Å². The van der Waals surface area contributed by atoms with E-state index in [1.165, 1.54) is 23.8 Å². The fourth-order valence-electron chi connectivity index (χ4n) is 2.47. The van der Waals surface area contributed by atoms with Crippen LogP contribution in [0.4, 0.5) is 10.1 Å². The predicted molar refractivity (Wildman–Crippen MR) is 81.3 cm³/mol. The molecule has 2 aromatic carbocycles. The third-order valence-corrected chi connectivity index (χ3v) is 3.51. The Kier molecular flexibility index (Phi) is 4.26. The number of aromatic carboxylic acids is 1. The molecule has 0 fully saturated rings. The first kappa shape index (κ1) is 15.0. The Morgan fingerprint density at radius 3 is 2.33 bits per heavy atom. The lowest BCUT2D eigenvalue weighted by Crippen LogP contribution is -2.07. The van der Waals surface area contributed by atoms with Gasteiger partial charge in [-0.15, -0.1) is 0 Å². The number of anilines is 1. The standard InChI is InChI=1S/C17H18FNO2/c1-10-6-11(2)14(12(3)7-10)9-19-16-8-13(17(20)21)4-5-15(16)18/h4-8,19H,9H2,1-3H3,(H,20,21). The highest BCUT2D eigenvalue weighted by Gasteiger charge is 2.09. The van der Waals surface area contributed by atoms with Crippen LogP contribution in [0.25, 0.3) is 0 Å². The second kappa shape index (κ2) is 5.95. The summed E-state index contributed by atoms with van der Waals surface area (Å²) in [5.74, 6) is -1.52. The van der Waals surface area contributed by atoms with Crippen molar-refractivity contribution in [1.82, 2.24) is 0 Å². The number of benzene rings is 2. The summed E-state index contributed by atoms with van der Waals surface area (Å²) < 4.78 is 13.7. The molecule has 0 aliphatic rings. The van der Waals surface area contributed by atoms with Gasteiger partial charge in [0.15, 0.2) is 0 Å². The van der Waals surface area contributed by atoms with Crippen molar-refractivity contribution >= 4 is 11.7 Å². The first-order chi connectivity index (χ1) is 9.88. The van der Waals surface area contributed by atoms with E-state index in [0.717, 1.165) is 16.7 Å². The monoisotopic (exact) mass is 287 g/mol. The SMILES string of the molecule is Cc1cc(C)c(CNc2cc(C(=O)O)ccc2F)c(C)c1. The van der Waals surface area contributed by atoms with E-state index in [4.69, 9.17) is 5.11 Å². The van der Waals surface area contributed by atoms with Gasteiger partial charge in [-0.25, -0.2) is 9.18 Å². The van der Waals surface area contributed by atoms with Crippen LogP contribution in [0.15, 0.2) is 30.3 Å². The molecule has 0 bridgehead atoms. The van der Waals surface area contributed by atoms with Crippen molar-refractivity contribution in [1.29, 1.82) is 0 Å². The van der Waals surface area contributed by atoms with Crippen LogP contribution in [-0.4, -0.2) is 11.1 Å². The molecule has 0 atom stereocenters. The average Bonchev–Trinajstić information content (AvgIpc) is 2.39. The molecule has 21 heavy (non-hydrogen) atoms. The first-order valence-corrected chi connectivity index (χ1v) is 6.72. The van der Waals surface area contributed by atoms with Crippen molar-refractivity contribution in [2.45, 2.75) is 27.3 Å². The van der Waals surface area contributed by atoms with Crippen LogP contribution >= 0.6 is 0 Å². The zero-order valence-electron chi connectivity index (χ0n) is 12.3. The van der Waals surface area contributed by atoms with Gasteiger partial charge in [-0.05, 0) is 55.7 Å². The molecule has 3 nitrogen and oxygen atoms in total. The van der Waals surface area contributed by atoms with Crippen molar-refractivity contribution in [3.8, 4) is 0 Å². The number of rotatable bonds is 4. The zero-order valence-corrected chi connectivity index (χ0v) is 12.3. The summed E-state index contributed by atoms with van der Waals surface area (Å²) in [4.78, 5) is 10.9. The van der Waals surface area contributed by atoms with Gasteiger partial charge in [0.25, 0.3) is 0 Å². The van der Waals surface area contributed by atoms with Gasteiger partial charge in [-0.3, -0.25) is 0 Å². The Labute approximate surface area is 123 Å². The molecule has 0 saturated heterocycles. The second-order valence-electron chi connectivity index (χ2n) is 5.23. The first-order valence-electron chi connectivity index (χ1n) is 6.72. The van der Waals surface area contributed by atoms with E-state index in [1.54, 1.807) is 0 Å². The molecule has 110 valence electrons. The fraction of sp³-hybridized carbons (Fsp3) is 0.235. The number of carboxylic acid groups (broad SMARTS) is 1. The maximum atomic E-state index is 13.7. The minimum Gasteiger partial charge on any atom is -0.478 e. The summed E-state index contributed by atoms with van der Waals surface area (Å²) in [6, 6.07) is 7.89. The maximum absolute atomic E-state index is 13.7. The normalized spacial score (nSPS) is 10.5. The van der Waals surface area contributed by atoms with Gasteiger partial charge in [-0.1, -0.05) is 17.7 Å². The number of carbonyl (C=O) groups is 1. The van der Waals surface area contributed by atoms with Crippen molar-refractivity contribution in [2.75, 3.05) is 5.32 Å². The van der Waals surface area contributed by atoms with Gasteiger partial charge in [0, 0.05) is 6.54 Å². The van der Waals surface area contributed by atoms with E-state index < -0.39 is 11.8 Å². The molecule has 0 radical (unpaired) electrons. The zero-order chi connectivity index (χ0) is 15.6. The van der Waals surface area contributed by atoms with Gasteiger partial charge < -0.3 is 10.4 Å². The van der Waals surface area contributed by atoms with Crippen LogP contribution in [0, 0.1) is 26.6 Å². The molecule has 0 unspecified atom stereocenters. The number of hydrogen-bond acceptors (Lipinski definition) is 2. The quantitative estimate of drug-likeness (QED) is 0.891. The summed E-state index contributed by atoms with van der Waals surface area (Å²) >= 11 is 0. The molecular weight excluding hydrogens is 269 g/mol. The van der Waals surface area contributed by atoms with Crippen molar-refractivity contribution in [3.63, 3.8) is 0 Å². The highest BCUT2D eigenvalue weighted by Crippen LogP contribution is 2.21. The third kappa shape index (κ3) is 3.40. The number of aryl methyl sites for hydroxylation is 3. The van der Waals surface area contributed by atoms with Gasteiger partial charge in [0.1, 0.15) is 5.82 Å². The summed E-state index contributed by atoms with van der Waals surface area (Å²) in [5, 5.41) is 11.9. The van der Waals surface area contributed by atoms with Crippen LogP contribution in [0.2, 0.25) is 0 Å². The molecule has 2 rings (SSSR count). The molecule has 0 saturated carbocycles. The van der Waals surface area contributed by atoms with E-state index in [-0.39, 0.29) is 11.3 Å². The summed E-state index contributed by atoms with van der Waals surface area (Å²) in [6.07, 6.45) is 0. The van der Waals surface area contributed by atoms with E-state index in [9.17, 15) is 9.18 Å². The van der Waals surface area contributed by atoms with Crippen LogP contribution in [0.5, 0.6) is 0 Å². The Morgan fingerprint density at radius 1 is 1.14 bits per heavy atom. The minimum atomic E-state index is -1.07. The minimum absolute atomic E-state index is 0.0660. The summed E-state index contributed by atoms with van der Waals surface area (Å²) in [7, 11) is 0. The van der Waals surface area contributed by atoms with Crippen molar-refractivity contribution in [2.24, 2.45) is 0 Å². The van der Waals surface area contributed by atoms with Crippen LogP contribution in [-0.2, 0) is 6.54 Å². The van der Waals surface area contributed by atoms with Crippen molar-refractivity contribution in [3.05, 3.63) is 64.0 Å². The Morgan fingerprint density at radius 2 is 1.76 bits per heavy atom. The highest BCUT2D eigenvalue weighted by atomic mass is 19.1. The Hall–Kier alpha value is -2.36. The summed E-state index contributed by atoms with van der Waals surface area (Å²) in [5.41, 5.74) is 4.82. The Balaban J connectivity index is 2.24. The molecule has 0 aliphatic carbocycles. The molecule has 0 aromatic heterocycles. The smallest absolute Gasteiger partial charge is 0.335 e. The van der Waals surface area contributed by atoms with Crippen molar-refractivity contribution < 1.29 is 14.3 Å². The number of halogens is 1. The molecule has 0 heterocycles. The van der Waals surface area contributed by atoms with E-state index >= 15 is 0 Å². The largest absolute Gasteiger partial charge is 0.478 e. The number of carboxylic acids is 1. The lowest BCUT2D eigenvalue weighted by Gasteiger charge is -2.14. The lowest BCUT2D eigenvalue weighted by atomic mass is 10.00. The molecule has 4 heteroatoms. The van der Waals surface area contributed by atoms with Gasteiger partial charge >= 0.3 is 5.97 Å². The third-order valence-electron chi connectivity index (χ3n) is 3.51. The van der Waals surface area contributed by atoms with E-state index in [2.05, 4.69) is 17.4 Å². The predicted octanol–water partition coefficient (Wildman–Crippen LogP) is 4.06. The average molecular weight is 287 g/mol. The molecular formula is C17H18FNO2. The Bertz CT molecular complexity index is 672. The van der Waals surface area contributed by atoms with Crippen LogP contribution in [0.1, 0.15) is 32.6 Å². The second-order valence-corrected chi connectivity index (χ2v) is 5.23. The highest BCUT2D eigenvalue weighted by molar-refractivity contribution is 5.88. The van der Waals surface area contributed by atoms with Crippen LogP contribution in [0.3, 0.4) is 0 Å². The van der Waals surface area contributed by atoms with Gasteiger partial charge in [-0.2, -0.15) is 0 Å². The fourth-order valence-corrected chi connectivity index (χ4v) is 2.47. The van der Waals surface area contributed by atoms with Gasteiger partial charge in [0.05, 0.1) is 11.3 Å². The molecule has 0 aliphatic heterocycles. The maximum Gasteiger partial charge on any atom is 0.335 e. The number of nitrogens with one attached hydrogen (secondary N) is 1. The lowest BCUT2D eigenvalue weighted by molar-refractivity contribution is 0.0697. The molecule has 2 N–H and O–H groups in total. The van der Waals surface area contributed by atoms with E-state index in [0.29, 0.717) is 6.54 Å². The molecule has 2 aromatic rings.